The Kier molecular flexibility index (Phi) is 5.30. The van der Waals surface area contributed by atoms with E-state index in [-0.39, 0.29) is 29.1 Å². The summed E-state index contributed by atoms with van der Waals surface area (Å²) in [6.45, 7) is 0.828. The summed E-state index contributed by atoms with van der Waals surface area (Å²) in [5.41, 5.74) is 0.215. The number of amides is 1. The van der Waals surface area contributed by atoms with Crippen molar-refractivity contribution in [3.8, 4) is 0 Å². The summed E-state index contributed by atoms with van der Waals surface area (Å²) >= 11 is 0. The van der Waals surface area contributed by atoms with Gasteiger partial charge in [-0.15, -0.1) is 0 Å². The van der Waals surface area contributed by atoms with Crippen molar-refractivity contribution < 1.29 is 17.9 Å². The minimum atomic E-state index is -2.95. The zero-order valence-corrected chi connectivity index (χ0v) is 13.5. The van der Waals surface area contributed by atoms with E-state index in [1.165, 1.54) is 12.4 Å². The normalized spacial score (nSPS) is 19.8. The largest absolute Gasteiger partial charge is 0.383 e. The highest BCUT2D eigenvalue weighted by Crippen LogP contribution is 2.20. The number of rotatable bonds is 6. The summed E-state index contributed by atoms with van der Waals surface area (Å²) in [6.07, 6.45) is 3.45. The SMILES string of the molecule is COCCNC(=O)c1cnc(N(C)C2CCS(=O)(=O)C2)cn1. The molecule has 1 aliphatic rings. The van der Waals surface area contributed by atoms with E-state index in [2.05, 4.69) is 15.3 Å². The molecule has 0 aliphatic carbocycles. The van der Waals surface area contributed by atoms with Gasteiger partial charge in [0.2, 0.25) is 0 Å². The molecule has 1 unspecified atom stereocenters. The third-order valence-electron chi connectivity index (χ3n) is 3.58. The molecule has 1 atom stereocenters. The Morgan fingerprint density at radius 3 is 2.77 bits per heavy atom. The molecule has 8 nitrogen and oxygen atoms in total. The molecule has 122 valence electrons. The monoisotopic (exact) mass is 328 g/mol. The zero-order chi connectivity index (χ0) is 16.2. The lowest BCUT2D eigenvalue weighted by atomic mass is 10.2. The maximum absolute atomic E-state index is 11.8. The first-order valence-corrected chi connectivity index (χ1v) is 8.77. The van der Waals surface area contributed by atoms with Crippen molar-refractivity contribution >= 4 is 21.6 Å². The van der Waals surface area contributed by atoms with Gasteiger partial charge in [-0.2, -0.15) is 0 Å². The topological polar surface area (TPSA) is 101 Å². The van der Waals surface area contributed by atoms with Crippen LogP contribution in [-0.4, -0.2) is 69.1 Å². The number of hydrogen-bond acceptors (Lipinski definition) is 7. The predicted molar refractivity (Wildman–Crippen MR) is 81.7 cm³/mol. The van der Waals surface area contributed by atoms with Crippen LogP contribution in [0.5, 0.6) is 0 Å². The first-order chi connectivity index (χ1) is 10.4. The van der Waals surface area contributed by atoms with E-state index < -0.39 is 9.84 Å². The number of sulfone groups is 1. The van der Waals surface area contributed by atoms with Crippen molar-refractivity contribution in [3.05, 3.63) is 18.1 Å². The molecule has 1 aromatic heterocycles. The van der Waals surface area contributed by atoms with Gasteiger partial charge in [0.1, 0.15) is 11.5 Å². The Morgan fingerprint density at radius 2 is 2.23 bits per heavy atom. The smallest absolute Gasteiger partial charge is 0.271 e. The second-order valence-corrected chi connectivity index (χ2v) is 7.41. The Hall–Kier alpha value is -1.74. The number of methoxy groups -OCH3 is 1. The van der Waals surface area contributed by atoms with Gasteiger partial charge in [0, 0.05) is 26.7 Å². The summed E-state index contributed by atoms with van der Waals surface area (Å²) in [4.78, 5) is 21.9. The molecule has 1 aliphatic heterocycles. The first-order valence-electron chi connectivity index (χ1n) is 6.95. The molecule has 0 aromatic carbocycles. The van der Waals surface area contributed by atoms with Crippen molar-refractivity contribution in [1.29, 1.82) is 0 Å². The molecule has 2 rings (SSSR count). The number of aromatic nitrogens is 2. The zero-order valence-electron chi connectivity index (χ0n) is 12.7. The fourth-order valence-electron chi connectivity index (χ4n) is 2.25. The number of nitrogens with zero attached hydrogens (tertiary/aromatic N) is 3. The van der Waals surface area contributed by atoms with Crippen molar-refractivity contribution in [1.82, 2.24) is 15.3 Å². The highest BCUT2D eigenvalue weighted by Gasteiger charge is 2.31. The molecule has 1 amide bonds. The summed E-state index contributed by atoms with van der Waals surface area (Å²) in [5, 5.41) is 2.66. The minimum Gasteiger partial charge on any atom is -0.383 e. The van der Waals surface area contributed by atoms with Gasteiger partial charge >= 0.3 is 0 Å². The predicted octanol–water partition coefficient (Wildman–Crippen LogP) is -0.524. The highest BCUT2D eigenvalue weighted by atomic mass is 32.2. The molecule has 1 N–H and O–H groups in total. The fourth-order valence-corrected chi connectivity index (χ4v) is 4.02. The van der Waals surface area contributed by atoms with E-state index in [4.69, 9.17) is 4.74 Å². The Labute approximate surface area is 129 Å². The molecule has 1 aromatic rings. The standard InChI is InChI=1S/C13H20N4O4S/c1-17(10-3-6-22(19,20)9-10)12-8-15-11(7-16-12)13(18)14-4-5-21-2/h7-8,10H,3-6,9H2,1-2H3,(H,14,18). The lowest BCUT2D eigenvalue weighted by molar-refractivity contribution is 0.0931. The van der Waals surface area contributed by atoms with E-state index in [1.807, 2.05) is 0 Å². The molecule has 2 heterocycles. The van der Waals surface area contributed by atoms with Crippen molar-refractivity contribution in [2.24, 2.45) is 0 Å². The van der Waals surface area contributed by atoms with Crippen LogP contribution in [0.2, 0.25) is 0 Å². The van der Waals surface area contributed by atoms with Crippen molar-refractivity contribution in [2.45, 2.75) is 12.5 Å². The molecule has 9 heteroatoms. The molecular formula is C13H20N4O4S. The van der Waals surface area contributed by atoms with Crippen LogP contribution in [-0.2, 0) is 14.6 Å². The van der Waals surface area contributed by atoms with E-state index in [1.54, 1.807) is 19.1 Å². The maximum atomic E-state index is 11.8. The molecular weight excluding hydrogens is 308 g/mol. The number of carbonyl (C=O) groups is 1. The van der Waals surface area contributed by atoms with Crippen LogP contribution in [0.25, 0.3) is 0 Å². The van der Waals surface area contributed by atoms with Gasteiger partial charge in [-0.3, -0.25) is 4.79 Å². The molecule has 1 saturated heterocycles. The van der Waals surface area contributed by atoms with Gasteiger partial charge in [0.05, 0.1) is 30.5 Å². The van der Waals surface area contributed by atoms with Crippen LogP contribution >= 0.6 is 0 Å². The average molecular weight is 328 g/mol. The van der Waals surface area contributed by atoms with Gasteiger partial charge in [0.15, 0.2) is 9.84 Å². The lowest BCUT2D eigenvalue weighted by Gasteiger charge is -2.23. The second-order valence-electron chi connectivity index (χ2n) is 5.18. The highest BCUT2D eigenvalue weighted by molar-refractivity contribution is 7.91. The number of anilines is 1. The summed E-state index contributed by atoms with van der Waals surface area (Å²) < 4.78 is 27.9. The van der Waals surface area contributed by atoms with Crippen LogP contribution < -0.4 is 10.2 Å². The molecule has 0 saturated carbocycles. The lowest BCUT2D eigenvalue weighted by Crippen LogP contribution is -2.33. The molecule has 1 fully saturated rings. The summed E-state index contributed by atoms with van der Waals surface area (Å²) in [7, 11) is 0.392. The van der Waals surface area contributed by atoms with Crippen LogP contribution in [0.15, 0.2) is 12.4 Å². The quantitative estimate of drug-likeness (QED) is 0.701. The summed E-state index contributed by atoms with van der Waals surface area (Å²) in [6, 6.07) is -0.0966. The van der Waals surface area contributed by atoms with Crippen molar-refractivity contribution in [2.75, 3.05) is 43.7 Å². The average Bonchev–Trinajstić information content (AvgIpc) is 2.87. The van der Waals surface area contributed by atoms with Gasteiger partial charge in [-0.05, 0) is 6.42 Å². The Bertz CT molecular complexity index is 617. The van der Waals surface area contributed by atoms with E-state index >= 15 is 0 Å². The van der Waals surface area contributed by atoms with Crippen LogP contribution in [0.3, 0.4) is 0 Å². The second kappa shape index (κ2) is 7.01. The number of carbonyl (C=O) groups excluding carboxylic acids is 1. The third kappa shape index (κ3) is 4.14. The Morgan fingerprint density at radius 1 is 1.45 bits per heavy atom. The first kappa shape index (κ1) is 16.6. The van der Waals surface area contributed by atoms with Crippen LogP contribution in [0.1, 0.15) is 16.9 Å². The van der Waals surface area contributed by atoms with Crippen molar-refractivity contribution in [3.63, 3.8) is 0 Å². The van der Waals surface area contributed by atoms with E-state index in [0.717, 1.165) is 0 Å². The van der Waals surface area contributed by atoms with Gasteiger partial charge < -0.3 is 15.0 Å². The molecule has 22 heavy (non-hydrogen) atoms. The molecule has 0 bridgehead atoms. The summed E-state index contributed by atoms with van der Waals surface area (Å²) in [5.74, 6) is 0.567. The number of ether oxygens (including phenoxy) is 1. The van der Waals surface area contributed by atoms with Crippen LogP contribution in [0.4, 0.5) is 5.82 Å². The number of nitrogens with one attached hydrogen (secondary N) is 1. The maximum Gasteiger partial charge on any atom is 0.271 e. The third-order valence-corrected chi connectivity index (χ3v) is 5.33. The fraction of sp³-hybridized carbons (Fsp3) is 0.615. The minimum absolute atomic E-state index is 0.0966. The van der Waals surface area contributed by atoms with E-state index in [9.17, 15) is 13.2 Å². The van der Waals surface area contributed by atoms with Gasteiger partial charge in [-0.25, -0.2) is 18.4 Å². The van der Waals surface area contributed by atoms with Crippen LogP contribution in [0, 0.1) is 0 Å². The number of hydrogen-bond donors (Lipinski definition) is 1. The molecule has 0 radical (unpaired) electrons. The van der Waals surface area contributed by atoms with E-state index in [0.29, 0.717) is 25.4 Å². The van der Waals surface area contributed by atoms with Gasteiger partial charge in [-0.1, -0.05) is 0 Å². The molecule has 0 spiro atoms. The van der Waals surface area contributed by atoms with Gasteiger partial charge in [0.25, 0.3) is 5.91 Å². The Balaban J connectivity index is 1.98.